The first-order valence-electron chi connectivity index (χ1n) is 37.7. The van der Waals surface area contributed by atoms with Gasteiger partial charge in [0.2, 0.25) is 0 Å². The van der Waals surface area contributed by atoms with E-state index in [2.05, 4.69) is 55.4 Å². The van der Waals surface area contributed by atoms with Crippen molar-refractivity contribution in [3.63, 3.8) is 0 Å². The first-order chi connectivity index (χ1) is 44.1. The van der Waals surface area contributed by atoms with E-state index in [9.17, 15) is 43.2 Å². The number of phosphoric ester groups is 2. The lowest BCUT2D eigenvalue weighted by Crippen LogP contribution is -2.30. The van der Waals surface area contributed by atoms with Crippen molar-refractivity contribution in [2.45, 2.75) is 382 Å². The summed E-state index contributed by atoms with van der Waals surface area (Å²) in [5, 5.41) is 10.6. The quantitative estimate of drug-likeness (QED) is 0.0222. The van der Waals surface area contributed by atoms with Gasteiger partial charge in [0.25, 0.3) is 0 Å². The molecule has 0 aromatic rings. The molecule has 0 saturated carbocycles. The zero-order chi connectivity index (χ0) is 68.2. The summed E-state index contributed by atoms with van der Waals surface area (Å²) in [5.74, 6) is 0.872. The fourth-order valence-corrected chi connectivity index (χ4v) is 12.6. The van der Waals surface area contributed by atoms with E-state index in [1.54, 1.807) is 0 Å². The van der Waals surface area contributed by atoms with E-state index in [0.717, 1.165) is 114 Å². The Kier molecular flexibility index (Phi) is 61.3. The SMILES string of the molecule is CC(C)CCCCCCCCCCCCCCCC(=O)OC[C@H](COP(=O)(O)OCC(O)COP(=O)(O)OC[C@@H](COC(=O)CCCCCCCCCC(C)C)OC(=O)CCCCCCCCCCCCCC(C)C)OC(=O)CCCCCCCCCCCC(C)C. The van der Waals surface area contributed by atoms with Gasteiger partial charge in [0.15, 0.2) is 12.2 Å². The molecule has 0 aliphatic rings. The molecule has 3 unspecified atom stereocenters. The van der Waals surface area contributed by atoms with Crippen LogP contribution in [0.3, 0.4) is 0 Å². The molecule has 3 N–H and O–H groups in total. The Morgan fingerprint density at radius 1 is 0.272 bits per heavy atom. The molecule has 5 atom stereocenters. The van der Waals surface area contributed by atoms with Crippen LogP contribution in [0.15, 0.2) is 0 Å². The lowest BCUT2D eigenvalue weighted by atomic mass is 10.0. The highest BCUT2D eigenvalue weighted by atomic mass is 31.2. The van der Waals surface area contributed by atoms with Crippen LogP contribution in [0.25, 0.3) is 0 Å². The molecule has 0 aromatic carbocycles. The van der Waals surface area contributed by atoms with Crippen molar-refractivity contribution in [3.05, 3.63) is 0 Å². The largest absolute Gasteiger partial charge is 0.472 e. The molecule has 0 rings (SSSR count). The van der Waals surface area contributed by atoms with Crippen LogP contribution in [-0.4, -0.2) is 96.7 Å². The van der Waals surface area contributed by atoms with Crippen LogP contribution >= 0.6 is 15.6 Å². The molecule has 0 radical (unpaired) electrons. The molecule has 546 valence electrons. The monoisotopic (exact) mass is 1350 g/mol. The van der Waals surface area contributed by atoms with Gasteiger partial charge < -0.3 is 33.8 Å². The van der Waals surface area contributed by atoms with Crippen LogP contribution in [0.2, 0.25) is 0 Å². The minimum absolute atomic E-state index is 0.105. The Morgan fingerprint density at radius 3 is 0.674 bits per heavy atom. The molecule has 17 nitrogen and oxygen atoms in total. The van der Waals surface area contributed by atoms with Gasteiger partial charge in [-0.15, -0.1) is 0 Å². The number of carbonyl (C=O) groups is 4. The van der Waals surface area contributed by atoms with E-state index < -0.39 is 97.5 Å². The highest BCUT2D eigenvalue weighted by Crippen LogP contribution is 2.45. The summed E-state index contributed by atoms with van der Waals surface area (Å²) in [6.45, 7) is 14.1. The molecule has 0 amide bonds. The Balaban J connectivity index is 5.24. The van der Waals surface area contributed by atoms with Crippen molar-refractivity contribution in [2.75, 3.05) is 39.6 Å². The van der Waals surface area contributed by atoms with Crippen molar-refractivity contribution < 1.29 is 80.2 Å². The van der Waals surface area contributed by atoms with Gasteiger partial charge in [-0.05, 0) is 49.4 Å². The van der Waals surface area contributed by atoms with Crippen LogP contribution < -0.4 is 0 Å². The molecule has 0 heterocycles. The third-order valence-corrected chi connectivity index (χ3v) is 18.7. The van der Waals surface area contributed by atoms with Crippen molar-refractivity contribution in [1.29, 1.82) is 0 Å². The number of unbranched alkanes of at least 4 members (excludes halogenated alkanes) is 36. The van der Waals surface area contributed by atoms with Gasteiger partial charge in [-0.25, -0.2) is 9.13 Å². The minimum Gasteiger partial charge on any atom is -0.462 e. The number of rotatable bonds is 70. The summed E-state index contributed by atoms with van der Waals surface area (Å²) < 4.78 is 68.4. The van der Waals surface area contributed by atoms with E-state index in [1.165, 1.54) is 161 Å². The first-order valence-corrected chi connectivity index (χ1v) is 40.7. The van der Waals surface area contributed by atoms with Crippen molar-refractivity contribution in [3.8, 4) is 0 Å². The van der Waals surface area contributed by atoms with Crippen molar-refractivity contribution in [1.82, 2.24) is 0 Å². The normalized spacial score (nSPS) is 14.2. The highest BCUT2D eigenvalue weighted by Gasteiger charge is 2.30. The second-order valence-electron chi connectivity index (χ2n) is 28.2. The number of hydrogen-bond acceptors (Lipinski definition) is 15. The second kappa shape index (κ2) is 62.6. The third-order valence-electron chi connectivity index (χ3n) is 16.8. The number of hydrogen-bond donors (Lipinski definition) is 3. The van der Waals surface area contributed by atoms with Crippen molar-refractivity contribution in [2.24, 2.45) is 23.7 Å². The maximum absolute atomic E-state index is 13.0. The summed E-state index contributed by atoms with van der Waals surface area (Å²) in [4.78, 5) is 72.7. The highest BCUT2D eigenvalue weighted by molar-refractivity contribution is 7.47. The summed E-state index contributed by atoms with van der Waals surface area (Å²) in [6.07, 6.45) is 45.9. The van der Waals surface area contributed by atoms with Crippen molar-refractivity contribution >= 4 is 39.5 Å². The second-order valence-corrected chi connectivity index (χ2v) is 31.1. The summed E-state index contributed by atoms with van der Waals surface area (Å²) in [5.41, 5.74) is 0. The summed E-state index contributed by atoms with van der Waals surface area (Å²) in [7, 11) is -9.91. The average molecular weight is 1350 g/mol. The Labute approximate surface area is 562 Å². The minimum atomic E-state index is -4.95. The molecule has 0 aliphatic heterocycles. The smallest absolute Gasteiger partial charge is 0.462 e. The average Bonchev–Trinajstić information content (AvgIpc) is 1.44. The summed E-state index contributed by atoms with van der Waals surface area (Å²) >= 11 is 0. The van der Waals surface area contributed by atoms with Gasteiger partial charge >= 0.3 is 39.5 Å². The van der Waals surface area contributed by atoms with Gasteiger partial charge in [-0.1, -0.05) is 312 Å². The molecule has 19 heteroatoms. The Hall–Kier alpha value is -1.94. The molecule has 0 saturated heterocycles. The number of phosphoric acid groups is 2. The number of aliphatic hydroxyl groups is 1. The Bertz CT molecular complexity index is 1820. The molecule has 0 aromatic heterocycles. The third kappa shape index (κ3) is 66.7. The number of ether oxygens (including phenoxy) is 4. The summed E-state index contributed by atoms with van der Waals surface area (Å²) in [6, 6.07) is 0. The predicted molar refractivity (Wildman–Crippen MR) is 372 cm³/mol. The topological polar surface area (TPSA) is 237 Å². The lowest BCUT2D eigenvalue weighted by Gasteiger charge is -2.21. The van der Waals surface area contributed by atoms with E-state index in [-0.39, 0.29) is 25.7 Å². The zero-order valence-electron chi connectivity index (χ0n) is 60.2. The molecule has 0 aliphatic carbocycles. The van der Waals surface area contributed by atoms with E-state index >= 15 is 0 Å². The lowest BCUT2D eigenvalue weighted by molar-refractivity contribution is -0.161. The molecule has 0 spiro atoms. The van der Waals surface area contributed by atoms with Crippen LogP contribution in [0.4, 0.5) is 0 Å². The van der Waals surface area contributed by atoms with Gasteiger partial charge in [-0.3, -0.25) is 37.3 Å². The number of carbonyl (C=O) groups excluding carboxylic acids is 4. The predicted octanol–water partition coefficient (Wildman–Crippen LogP) is 20.9. The van der Waals surface area contributed by atoms with Gasteiger partial charge in [-0.2, -0.15) is 0 Å². The molecule has 0 fully saturated rings. The van der Waals surface area contributed by atoms with Crippen LogP contribution in [0, 0.1) is 23.7 Å². The van der Waals surface area contributed by atoms with Gasteiger partial charge in [0.1, 0.15) is 19.3 Å². The molecule has 0 bridgehead atoms. The van der Waals surface area contributed by atoms with Gasteiger partial charge in [0.05, 0.1) is 26.4 Å². The first kappa shape index (κ1) is 90.1. The Morgan fingerprint density at radius 2 is 0.457 bits per heavy atom. The van der Waals surface area contributed by atoms with E-state index in [4.69, 9.17) is 37.0 Å². The molecule has 92 heavy (non-hydrogen) atoms. The van der Waals surface area contributed by atoms with Gasteiger partial charge in [0, 0.05) is 25.7 Å². The van der Waals surface area contributed by atoms with E-state index in [0.29, 0.717) is 31.6 Å². The fraction of sp³-hybridized carbons (Fsp3) is 0.945. The standard InChI is InChI=1S/C73H142O17P2/c1-63(2)49-41-33-25-18-13-10-9-11-15-21-29-37-45-53-70(75)83-59-68(90-73(78)56-48-40-31-23-17-20-27-35-43-51-65(5)6)61-87-91(79,80)85-57-67(74)58-86-92(81,82)88-62-69(60-84-71(76)54-46-38-32-24-28-36-44-52-66(7)8)89-72(77)55-47-39-30-22-16-12-14-19-26-34-42-50-64(3)4/h63-69,74H,9-62H2,1-8H3,(H,79,80)(H,81,82)/t67?,68-,69-/m1/s1. The van der Waals surface area contributed by atoms with Crippen LogP contribution in [0.5, 0.6) is 0 Å². The van der Waals surface area contributed by atoms with Crippen LogP contribution in [0.1, 0.15) is 364 Å². The number of aliphatic hydroxyl groups excluding tert-OH is 1. The molecular formula is C73H142O17P2. The van der Waals surface area contributed by atoms with Crippen LogP contribution in [-0.2, 0) is 65.4 Å². The number of esters is 4. The fourth-order valence-electron chi connectivity index (χ4n) is 11.0. The van der Waals surface area contributed by atoms with E-state index in [1.807, 2.05) is 0 Å². The zero-order valence-corrected chi connectivity index (χ0v) is 62.0. The maximum atomic E-state index is 13.0. The maximum Gasteiger partial charge on any atom is 0.472 e. The molecular weight excluding hydrogens is 1210 g/mol.